The van der Waals surface area contributed by atoms with Gasteiger partial charge in [0.2, 0.25) is 0 Å². The summed E-state index contributed by atoms with van der Waals surface area (Å²) in [6.07, 6.45) is 0. The number of carbonyl (C=O) groups excluding carboxylic acids is 2. The largest absolute Gasteiger partial charge is 0.507 e. The van der Waals surface area contributed by atoms with E-state index in [1.807, 2.05) is 30.3 Å². The minimum atomic E-state index is -1.07. The van der Waals surface area contributed by atoms with Crippen molar-refractivity contribution in [3.8, 4) is 11.5 Å². The number of nitrogens with zero attached hydrogens (tertiary/aromatic N) is 2. The number of hydrogen-bond acceptors (Lipinski definition) is 7. The minimum absolute atomic E-state index is 0.163. The molecule has 0 radical (unpaired) electrons. The van der Waals surface area contributed by atoms with Crippen LogP contribution in [-0.4, -0.2) is 28.9 Å². The lowest BCUT2D eigenvalue weighted by molar-refractivity contribution is -0.132. The number of aromatic nitrogens is 1. The minimum Gasteiger partial charge on any atom is -0.507 e. The van der Waals surface area contributed by atoms with Gasteiger partial charge in [-0.15, -0.1) is 0 Å². The summed E-state index contributed by atoms with van der Waals surface area (Å²) >= 11 is 7.36. The van der Waals surface area contributed by atoms with E-state index in [4.69, 9.17) is 21.1 Å². The Morgan fingerprint density at radius 3 is 2.50 bits per heavy atom. The second-order valence-corrected chi connectivity index (χ2v) is 10.9. The molecule has 210 valence electrons. The van der Waals surface area contributed by atoms with E-state index in [1.165, 1.54) is 47.6 Å². The molecule has 1 atom stereocenters. The molecule has 1 N–H and O–H groups in total. The lowest BCUT2D eigenvalue weighted by Gasteiger charge is -2.24. The number of carbonyl (C=O) groups is 2. The number of thiazole rings is 1. The fourth-order valence-electron chi connectivity index (χ4n) is 4.81. The van der Waals surface area contributed by atoms with Crippen LogP contribution < -0.4 is 14.4 Å². The highest BCUT2D eigenvalue weighted by atomic mass is 35.5. The third-order valence-corrected chi connectivity index (χ3v) is 8.10. The molecule has 4 aromatic carbocycles. The first-order valence-electron chi connectivity index (χ1n) is 12.8. The van der Waals surface area contributed by atoms with Crippen molar-refractivity contribution in [1.82, 2.24) is 4.98 Å². The van der Waals surface area contributed by atoms with Crippen molar-refractivity contribution in [1.29, 1.82) is 0 Å². The summed E-state index contributed by atoms with van der Waals surface area (Å²) in [6, 6.07) is 23.8. The molecule has 6 rings (SSSR count). The first-order valence-corrected chi connectivity index (χ1v) is 14.0. The number of fused-ring (bicyclic) bond motifs is 1. The first kappa shape index (κ1) is 27.4. The molecule has 7 nitrogen and oxygen atoms in total. The molecular formula is C32H22ClFN2O5S. The van der Waals surface area contributed by atoms with E-state index in [-0.39, 0.29) is 16.3 Å². The Morgan fingerprint density at radius 2 is 1.76 bits per heavy atom. The van der Waals surface area contributed by atoms with Gasteiger partial charge in [0.1, 0.15) is 18.2 Å². The first-order chi connectivity index (χ1) is 20.3. The van der Waals surface area contributed by atoms with Crippen molar-refractivity contribution in [2.24, 2.45) is 0 Å². The van der Waals surface area contributed by atoms with Crippen molar-refractivity contribution < 1.29 is 28.6 Å². The Labute approximate surface area is 249 Å². The summed E-state index contributed by atoms with van der Waals surface area (Å²) in [5.74, 6) is -1.89. The van der Waals surface area contributed by atoms with Gasteiger partial charge < -0.3 is 14.6 Å². The maximum Gasteiger partial charge on any atom is 0.301 e. The summed E-state index contributed by atoms with van der Waals surface area (Å²) in [5, 5.41) is 12.1. The predicted molar refractivity (Wildman–Crippen MR) is 160 cm³/mol. The fourth-order valence-corrected chi connectivity index (χ4v) is 6.07. The van der Waals surface area contributed by atoms with Crippen LogP contribution in [0, 0.1) is 5.82 Å². The van der Waals surface area contributed by atoms with E-state index in [9.17, 15) is 19.1 Å². The number of halogens is 2. The average molecular weight is 601 g/mol. The smallest absolute Gasteiger partial charge is 0.301 e. The molecule has 10 heteroatoms. The van der Waals surface area contributed by atoms with Gasteiger partial charge in [-0.2, -0.15) is 0 Å². The van der Waals surface area contributed by atoms with Gasteiger partial charge in [-0.1, -0.05) is 59.3 Å². The molecule has 1 amide bonds. The van der Waals surface area contributed by atoms with Gasteiger partial charge in [-0.3, -0.25) is 14.5 Å². The molecule has 1 saturated heterocycles. The fraction of sp³-hybridized carbons (Fsp3) is 0.0938. The molecule has 0 saturated carbocycles. The van der Waals surface area contributed by atoms with E-state index < -0.39 is 29.3 Å². The third-order valence-electron chi connectivity index (χ3n) is 6.85. The molecule has 1 aromatic heterocycles. The molecule has 5 aromatic rings. The normalized spacial score (nSPS) is 16.3. The number of rotatable bonds is 7. The van der Waals surface area contributed by atoms with Crippen LogP contribution in [0.15, 0.2) is 96.6 Å². The molecular weight excluding hydrogens is 579 g/mol. The van der Waals surface area contributed by atoms with E-state index in [2.05, 4.69) is 4.98 Å². The highest BCUT2D eigenvalue weighted by Gasteiger charge is 2.48. The molecule has 1 aliphatic rings. The Morgan fingerprint density at radius 1 is 1.00 bits per heavy atom. The molecule has 1 aliphatic heterocycles. The van der Waals surface area contributed by atoms with E-state index >= 15 is 0 Å². The molecule has 1 fully saturated rings. The maximum absolute atomic E-state index is 13.6. The number of ketones is 1. The Hall–Kier alpha value is -4.73. The van der Waals surface area contributed by atoms with E-state index in [0.717, 1.165) is 10.3 Å². The van der Waals surface area contributed by atoms with Crippen LogP contribution in [0.2, 0.25) is 5.02 Å². The second-order valence-electron chi connectivity index (χ2n) is 9.47. The van der Waals surface area contributed by atoms with E-state index in [1.54, 1.807) is 36.4 Å². The topological polar surface area (TPSA) is 89.0 Å². The van der Waals surface area contributed by atoms with Gasteiger partial charge in [0, 0.05) is 10.6 Å². The van der Waals surface area contributed by atoms with Crippen molar-refractivity contribution in [2.75, 3.05) is 12.0 Å². The number of methoxy groups -OCH3 is 1. The monoisotopic (exact) mass is 600 g/mol. The van der Waals surface area contributed by atoms with Crippen LogP contribution in [0.4, 0.5) is 9.52 Å². The van der Waals surface area contributed by atoms with E-state index in [0.29, 0.717) is 34.2 Å². The number of amides is 1. The summed E-state index contributed by atoms with van der Waals surface area (Å²) < 4.78 is 26.0. The van der Waals surface area contributed by atoms with Crippen molar-refractivity contribution in [3.05, 3.63) is 124 Å². The number of aliphatic hydroxyl groups is 1. The van der Waals surface area contributed by atoms with Crippen molar-refractivity contribution >= 4 is 55.7 Å². The number of hydrogen-bond donors (Lipinski definition) is 1. The molecule has 42 heavy (non-hydrogen) atoms. The summed E-state index contributed by atoms with van der Waals surface area (Å²) in [6.45, 7) is 0.299. The number of Topliss-reactive ketones (excluding diaryl/α,β-unsaturated/α-hetero) is 1. The molecule has 2 heterocycles. The zero-order chi connectivity index (χ0) is 29.4. The SMILES string of the molecule is COc1cc(C2/C(=C(\O)c3ccc(F)cc3)C(=O)C(=O)N2c2nc3ccc(Cl)cc3s2)ccc1OCc1ccccc1. The Kier molecular flexibility index (Phi) is 7.36. The highest BCUT2D eigenvalue weighted by Crippen LogP contribution is 2.46. The van der Waals surface area contributed by atoms with Crippen LogP contribution >= 0.6 is 22.9 Å². The van der Waals surface area contributed by atoms with Crippen molar-refractivity contribution in [3.63, 3.8) is 0 Å². The molecule has 0 spiro atoms. The molecule has 0 aliphatic carbocycles. The van der Waals surface area contributed by atoms with Gasteiger partial charge in [-0.05, 0) is 65.7 Å². The number of anilines is 1. The lowest BCUT2D eigenvalue weighted by atomic mass is 9.95. The average Bonchev–Trinajstić information content (AvgIpc) is 3.53. The quantitative estimate of drug-likeness (QED) is 0.120. The van der Waals surface area contributed by atoms with Crippen LogP contribution in [-0.2, 0) is 16.2 Å². The zero-order valence-electron chi connectivity index (χ0n) is 22.1. The second kappa shape index (κ2) is 11.3. The Balaban J connectivity index is 1.48. The summed E-state index contributed by atoms with van der Waals surface area (Å²) in [7, 11) is 1.49. The zero-order valence-corrected chi connectivity index (χ0v) is 23.7. The summed E-state index contributed by atoms with van der Waals surface area (Å²) in [5.41, 5.74) is 2.06. The number of aliphatic hydroxyl groups excluding tert-OH is 1. The van der Waals surface area contributed by atoms with Crippen LogP contribution in [0.1, 0.15) is 22.7 Å². The van der Waals surface area contributed by atoms with Crippen LogP contribution in [0.25, 0.3) is 16.0 Å². The van der Waals surface area contributed by atoms with Crippen molar-refractivity contribution in [2.45, 2.75) is 12.6 Å². The van der Waals surface area contributed by atoms with Gasteiger partial charge in [0.15, 0.2) is 16.6 Å². The number of ether oxygens (including phenoxy) is 2. The molecule has 0 bridgehead atoms. The Bertz CT molecular complexity index is 1860. The lowest BCUT2D eigenvalue weighted by Crippen LogP contribution is -2.29. The standard InChI is InChI=1S/C32H22ClFN2O5S/c1-40-25-15-20(9-14-24(25)41-17-18-5-3-2-4-6-18)28-27(29(37)19-7-11-22(34)12-8-19)30(38)31(39)36(28)32-35-23-13-10-21(33)16-26(23)42-32/h2-16,28,37H,17H2,1H3/b29-27+. The highest BCUT2D eigenvalue weighted by molar-refractivity contribution is 7.22. The number of benzene rings is 4. The predicted octanol–water partition coefficient (Wildman–Crippen LogP) is 7.30. The van der Waals surface area contributed by atoms with Crippen LogP contribution in [0.3, 0.4) is 0 Å². The van der Waals surface area contributed by atoms with Crippen LogP contribution in [0.5, 0.6) is 11.5 Å². The van der Waals surface area contributed by atoms with Gasteiger partial charge in [0.05, 0.1) is 28.9 Å². The van der Waals surface area contributed by atoms with Gasteiger partial charge in [-0.25, -0.2) is 9.37 Å². The molecule has 1 unspecified atom stereocenters. The summed E-state index contributed by atoms with van der Waals surface area (Å²) in [4.78, 5) is 33.0. The maximum atomic E-state index is 13.6. The third kappa shape index (κ3) is 5.08. The van der Waals surface area contributed by atoms with Gasteiger partial charge in [0.25, 0.3) is 5.78 Å². The van der Waals surface area contributed by atoms with Gasteiger partial charge >= 0.3 is 5.91 Å².